The largest absolute Gasteiger partial charge is 0.389 e. The van der Waals surface area contributed by atoms with Gasteiger partial charge in [0, 0.05) is 25.7 Å². The zero-order valence-corrected chi connectivity index (χ0v) is 12.9. The number of nitrogens with one attached hydrogen (secondary N) is 1. The molecule has 1 aliphatic carbocycles. The molecule has 1 aliphatic rings. The number of hydrogen-bond acceptors (Lipinski definition) is 3. The molecule has 1 unspecified atom stereocenters. The fraction of sp³-hybridized carbons (Fsp3) is 1.00. The lowest BCUT2D eigenvalue weighted by atomic mass is 9.84. The van der Waals surface area contributed by atoms with Crippen molar-refractivity contribution in [3.8, 4) is 0 Å². The summed E-state index contributed by atoms with van der Waals surface area (Å²) in [5.74, 6) is 0. The van der Waals surface area contributed by atoms with E-state index in [1.165, 1.54) is 25.7 Å². The number of hydrogen-bond donors (Lipinski definition) is 2. The highest BCUT2D eigenvalue weighted by molar-refractivity contribution is 4.87. The highest BCUT2D eigenvalue weighted by Crippen LogP contribution is 2.27. The second-order valence-corrected chi connectivity index (χ2v) is 7.20. The van der Waals surface area contributed by atoms with Gasteiger partial charge >= 0.3 is 0 Å². The monoisotopic (exact) mass is 256 g/mol. The molecule has 0 aliphatic heterocycles. The first-order valence-corrected chi connectivity index (χ1v) is 7.38. The molecule has 0 spiro atoms. The van der Waals surface area contributed by atoms with Crippen LogP contribution in [0.15, 0.2) is 0 Å². The van der Waals surface area contributed by atoms with E-state index >= 15 is 0 Å². The number of aliphatic hydroxyl groups is 1. The van der Waals surface area contributed by atoms with Crippen molar-refractivity contribution in [1.82, 2.24) is 10.2 Å². The molecule has 0 amide bonds. The van der Waals surface area contributed by atoms with Gasteiger partial charge < -0.3 is 15.3 Å². The lowest BCUT2D eigenvalue weighted by Gasteiger charge is -2.36. The van der Waals surface area contributed by atoms with Crippen molar-refractivity contribution in [3.05, 3.63) is 0 Å². The Hall–Kier alpha value is -0.120. The van der Waals surface area contributed by atoms with Crippen LogP contribution in [0.3, 0.4) is 0 Å². The number of likely N-dealkylation sites (N-methyl/N-ethyl adjacent to an activating group) is 1. The molecule has 3 heteroatoms. The van der Waals surface area contributed by atoms with E-state index in [-0.39, 0.29) is 0 Å². The third kappa shape index (κ3) is 6.72. The third-order valence-corrected chi connectivity index (χ3v) is 3.56. The van der Waals surface area contributed by atoms with Crippen molar-refractivity contribution in [3.63, 3.8) is 0 Å². The van der Waals surface area contributed by atoms with Crippen LogP contribution in [0.4, 0.5) is 0 Å². The number of rotatable bonds is 9. The van der Waals surface area contributed by atoms with Gasteiger partial charge in [-0.2, -0.15) is 0 Å². The Morgan fingerprint density at radius 1 is 1.22 bits per heavy atom. The molecule has 0 bridgehead atoms. The van der Waals surface area contributed by atoms with E-state index in [0.29, 0.717) is 5.41 Å². The average Bonchev–Trinajstić information content (AvgIpc) is 2.94. The van der Waals surface area contributed by atoms with Gasteiger partial charge in [0.2, 0.25) is 0 Å². The van der Waals surface area contributed by atoms with Gasteiger partial charge in [-0.05, 0) is 45.6 Å². The minimum absolute atomic E-state index is 0.317. The summed E-state index contributed by atoms with van der Waals surface area (Å²) in [7, 11) is 2.11. The topological polar surface area (TPSA) is 35.5 Å². The maximum absolute atomic E-state index is 9.89. The van der Waals surface area contributed by atoms with Gasteiger partial charge in [0.15, 0.2) is 0 Å². The molecule has 2 N–H and O–H groups in total. The van der Waals surface area contributed by atoms with Crippen molar-refractivity contribution in [2.75, 3.05) is 26.7 Å². The Balaban J connectivity index is 2.42. The van der Waals surface area contributed by atoms with E-state index < -0.39 is 5.60 Å². The molecule has 0 heterocycles. The molecule has 3 nitrogen and oxygen atoms in total. The Bertz CT molecular complexity index is 245. The van der Waals surface area contributed by atoms with Crippen molar-refractivity contribution < 1.29 is 5.11 Å². The molecule has 1 fully saturated rings. The van der Waals surface area contributed by atoms with Crippen LogP contribution < -0.4 is 5.32 Å². The van der Waals surface area contributed by atoms with Crippen LogP contribution in [-0.2, 0) is 0 Å². The van der Waals surface area contributed by atoms with Crippen molar-refractivity contribution in [2.24, 2.45) is 5.41 Å². The van der Waals surface area contributed by atoms with Gasteiger partial charge in [-0.25, -0.2) is 0 Å². The zero-order valence-electron chi connectivity index (χ0n) is 12.9. The second-order valence-electron chi connectivity index (χ2n) is 7.20. The summed E-state index contributed by atoms with van der Waals surface area (Å²) >= 11 is 0. The summed E-state index contributed by atoms with van der Waals surface area (Å²) in [5.41, 5.74) is -0.289. The highest BCUT2D eigenvalue weighted by atomic mass is 16.3. The molecule has 0 aromatic heterocycles. The molecule has 1 atom stereocenters. The molecule has 1 saturated carbocycles. The zero-order chi connectivity index (χ0) is 13.8. The predicted octanol–water partition coefficient (Wildman–Crippen LogP) is 2.25. The molecule has 1 rings (SSSR count). The van der Waals surface area contributed by atoms with Crippen LogP contribution in [0.2, 0.25) is 0 Å². The molecule has 0 saturated heterocycles. The molecule has 0 aromatic carbocycles. The highest BCUT2D eigenvalue weighted by Gasteiger charge is 2.30. The van der Waals surface area contributed by atoms with E-state index in [1.807, 2.05) is 13.8 Å². The van der Waals surface area contributed by atoms with Gasteiger partial charge in [-0.15, -0.1) is 0 Å². The summed E-state index contributed by atoms with van der Waals surface area (Å²) < 4.78 is 0. The minimum atomic E-state index is -0.605. The predicted molar refractivity (Wildman–Crippen MR) is 77.8 cm³/mol. The maximum Gasteiger partial charge on any atom is 0.0718 e. The molecule has 108 valence electrons. The Morgan fingerprint density at radius 2 is 1.83 bits per heavy atom. The Labute approximate surface area is 113 Å². The summed E-state index contributed by atoms with van der Waals surface area (Å²) in [4.78, 5) is 2.27. The SMILES string of the molecule is CCCC(C)(CNC1CC1)CN(C)CC(C)(C)O. The van der Waals surface area contributed by atoms with E-state index in [9.17, 15) is 5.11 Å². The molecular weight excluding hydrogens is 224 g/mol. The van der Waals surface area contributed by atoms with Crippen LogP contribution in [0.1, 0.15) is 53.4 Å². The quantitative estimate of drug-likeness (QED) is 0.664. The van der Waals surface area contributed by atoms with Crippen molar-refractivity contribution in [1.29, 1.82) is 0 Å². The first kappa shape index (κ1) is 15.9. The maximum atomic E-state index is 9.89. The van der Waals surface area contributed by atoms with Crippen LogP contribution in [0.25, 0.3) is 0 Å². The Kier molecular flexibility index (Phi) is 5.63. The molecule has 0 radical (unpaired) electrons. The Morgan fingerprint density at radius 3 is 2.28 bits per heavy atom. The van der Waals surface area contributed by atoms with Gasteiger partial charge in [0.1, 0.15) is 0 Å². The summed E-state index contributed by atoms with van der Waals surface area (Å²) in [5, 5.41) is 13.5. The lowest BCUT2D eigenvalue weighted by Crippen LogP contribution is -2.45. The molecular formula is C15H32N2O. The lowest BCUT2D eigenvalue weighted by molar-refractivity contribution is 0.0308. The first-order valence-electron chi connectivity index (χ1n) is 7.38. The summed E-state index contributed by atoms with van der Waals surface area (Å²) in [6.07, 6.45) is 5.16. The van der Waals surface area contributed by atoms with E-state index in [4.69, 9.17) is 0 Å². The fourth-order valence-electron chi connectivity index (χ4n) is 2.87. The van der Waals surface area contributed by atoms with Crippen LogP contribution in [0.5, 0.6) is 0 Å². The van der Waals surface area contributed by atoms with Crippen molar-refractivity contribution >= 4 is 0 Å². The minimum Gasteiger partial charge on any atom is -0.389 e. The van der Waals surface area contributed by atoms with Crippen molar-refractivity contribution in [2.45, 2.75) is 65.0 Å². The first-order chi connectivity index (χ1) is 8.24. The van der Waals surface area contributed by atoms with Crippen LogP contribution in [0, 0.1) is 5.41 Å². The average molecular weight is 256 g/mol. The van der Waals surface area contributed by atoms with Gasteiger partial charge in [-0.1, -0.05) is 20.3 Å². The third-order valence-electron chi connectivity index (χ3n) is 3.56. The second kappa shape index (κ2) is 6.36. The van der Waals surface area contributed by atoms with E-state index in [2.05, 4.69) is 31.1 Å². The smallest absolute Gasteiger partial charge is 0.0718 e. The van der Waals surface area contributed by atoms with E-state index in [0.717, 1.165) is 25.7 Å². The van der Waals surface area contributed by atoms with Gasteiger partial charge in [0.25, 0.3) is 0 Å². The number of nitrogens with zero attached hydrogens (tertiary/aromatic N) is 1. The van der Waals surface area contributed by atoms with Crippen LogP contribution >= 0.6 is 0 Å². The van der Waals surface area contributed by atoms with Gasteiger partial charge in [0.05, 0.1) is 5.60 Å². The summed E-state index contributed by atoms with van der Waals surface area (Å²) in [6.45, 7) is 11.3. The fourth-order valence-corrected chi connectivity index (χ4v) is 2.87. The van der Waals surface area contributed by atoms with E-state index in [1.54, 1.807) is 0 Å². The molecule has 0 aromatic rings. The van der Waals surface area contributed by atoms with Crippen LogP contribution in [-0.4, -0.2) is 48.3 Å². The normalized spacial score (nSPS) is 20.2. The standard InChI is InChI=1S/C15H32N2O/c1-6-9-15(4,10-16-13-7-8-13)12-17(5)11-14(2,3)18/h13,16,18H,6-12H2,1-5H3. The molecule has 18 heavy (non-hydrogen) atoms. The summed E-state index contributed by atoms with van der Waals surface area (Å²) in [6, 6.07) is 0.778. The van der Waals surface area contributed by atoms with Gasteiger partial charge in [-0.3, -0.25) is 0 Å².